The van der Waals surface area contributed by atoms with Crippen LogP contribution in [0.4, 0.5) is 10.1 Å². The number of carbonyl (C=O) groups excluding carboxylic acids is 1. The molecule has 2 aromatic rings. The topological polar surface area (TPSA) is 70.2 Å². The van der Waals surface area contributed by atoms with Crippen LogP contribution in [-0.4, -0.2) is 69.5 Å². The first-order valence-corrected chi connectivity index (χ1v) is 13.2. The first-order valence-electron chi connectivity index (χ1n) is 11.7. The Balaban J connectivity index is 1.42. The maximum atomic E-state index is 15.1. The van der Waals surface area contributed by atoms with E-state index >= 15 is 4.39 Å². The molecule has 184 valence electrons. The zero-order valence-corrected chi connectivity index (χ0v) is 20.5. The van der Waals surface area contributed by atoms with Crippen molar-refractivity contribution in [2.45, 2.75) is 37.7 Å². The fraction of sp³-hybridized carbons (Fsp3) is 0.480. The summed E-state index contributed by atoms with van der Waals surface area (Å²) >= 11 is 0. The number of halogens is 1. The smallest absolute Gasteiger partial charge is 0.251 e. The maximum absolute atomic E-state index is 15.1. The Morgan fingerprint density at radius 1 is 1.09 bits per heavy atom. The zero-order chi connectivity index (χ0) is 24.3. The highest BCUT2D eigenvalue weighted by Crippen LogP contribution is 2.35. The minimum absolute atomic E-state index is 0.0228. The molecule has 0 N–H and O–H groups in total. The van der Waals surface area contributed by atoms with Crippen LogP contribution in [0, 0.1) is 5.82 Å². The van der Waals surface area contributed by atoms with Gasteiger partial charge in [0.05, 0.1) is 0 Å². The molecule has 2 atom stereocenters. The molecule has 1 unspecified atom stereocenters. The number of carbonyl (C=O) groups is 1. The number of amides is 1. The monoisotopic (exact) mass is 489 g/mol. The average molecular weight is 490 g/mol. The quantitative estimate of drug-likeness (QED) is 0.624. The van der Waals surface area contributed by atoms with E-state index in [1.165, 1.54) is 17.5 Å². The van der Waals surface area contributed by atoms with Gasteiger partial charge in [0.15, 0.2) is 0 Å². The number of ether oxygens (including phenoxy) is 1. The van der Waals surface area contributed by atoms with E-state index in [1.54, 1.807) is 17.9 Å². The molecule has 2 aliphatic heterocycles. The molecule has 0 spiro atoms. The van der Waals surface area contributed by atoms with Gasteiger partial charge in [-0.15, -0.1) is 0 Å². The van der Waals surface area contributed by atoms with Gasteiger partial charge in [-0.1, -0.05) is 36.4 Å². The molecule has 2 aromatic carbocycles. The summed E-state index contributed by atoms with van der Waals surface area (Å²) in [6, 6.07) is 14.2. The van der Waals surface area contributed by atoms with E-state index < -0.39 is 27.2 Å². The molecule has 7 nitrogen and oxygen atoms in total. The van der Waals surface area contributed by atoms with E-state index in [-0.39, 0.29) is 12.5 Å². The van der Waals surface area contributed by atoms with Gasteiger partial charge in [-0.3, -0.25) is 4.79 Å². The van der Waals surface area contributed by atoms with E-state index in [4.69, 9.17) is 4.74 Å². The van der Waals surface area contributed by atoms with Crippen molar-refractivity contribution >= 4 is 21.6 Å². The van der Waals surface area contributed by atoms with Gasteiger partial charge in [-0.05, 0) is 37.5 Å². The highest BCUT2D eigenvalue weighted by molar-refractivity contribution is 7.89. The Morgan fingerprint density at radius 2 is 1.79 bits per heavy atom. The molecule has 0 aromatic heterocycles. The Morgan fingerprint density at radius 3 is 2.44 bits per heavy atom. The van der Waals surface area contributed by atoms with Crippen molar-refractivity contribution in [3.63, 3.8) is 0 Å². The molecule has 0 radical (unpaired) electrons. The van der Waals surface area contributed by atoms with Crippen LogP contribution < -0.4 is 4.90 Å². The number of nitrogens with zero attached hydrogens (tertiary/aromatic N) is 3. The third-order valence-electron chi connectivity index (χ3n) is 6.81. The predicted octanol–water partition coefficient (Wildman–Crippen LogP) is 3.18. The van der Waals surface area contributed by atoms with Gasteiger partial charge in [0.2, 0.25) is 10.0 Å². The molecule has 34 heavy (non-hydrogen) atoms. The Labute approximate surface area is 201 Å². The number of methoxy groups -OCH3 is 1. The van der Waals surface area contributed by atoms with Gasteiger partial charge in [0.1, 0.15) is 17.2 Å². The molecule has 2 saturated heterocycles. The SMILES string of the molecule is CO[C@@H](C)C(=O)N1CCN(c2ccc(CN3CCCC(c4ccccc4)S3(=O)=O)c(F)c2)CC1. The lowest BCUT2D eigenvalue weighted by atomic mass is 10.1. The largest absolute Gasteiger partial charge is 0.372 e. The first-order chi connectivity index (χ1) is 16.3. The fourth-order valence-electron chi connectivity index (χ4n) is 4.68. The lowest BCUT2D eigenvalue weighted by Crippen LogP contribution is -2.51. The lowest BCUT2D eigenvalue weighted by molar-refractivity contribution is -0.141. The van der Waals surface area contributed by atoms with Crippen LogP contribution in [0.2, 0.25) is 0 Å². The van der Waals surface area contributed by atoms with Crippen molar-refractivity contribution in [2.24, 2.45) is 0 Å². The summed E-state index contributed by atoms with van der Waals surface area (Å²) in [7, 11) is -2.06. The summed E-state index contributed by atoms with van der Waals surface area (Å²) in [5.74, 6) is -0.457. The Bertz CT molecular complexity index is 1100. The Hall–Kier alpha value is -2.49. The summed E-state index contributed by atoms with van der Waals surface area (Å²) in [6.45, 7) is 4.43. The minimum atomic E-state index is -3.58. The molecule has 4 rings (SSSR count). The molecular weight excluding hydrogens is 457 g/mol. The van der Waals surface area contributed by atoms with Crippen molar-refractivity contribution in [3.05, 3.63) is 65.5 Å². The molecule has 0 aliphatic carbocycles. The minimum Gasteiger partial charge on any atom is -0.372 e. The van der Waals surface area contributed by atoms with Gasteiger partial charge in [0, 0.05) is 57.6 Å². The number of hydrogen-bond donors (Lipinski definition) is 0. The van der Waals surface area contributed by atoms with E-state index in [2.05, 4.69) is 0 Å². The van der Waals surface area contributed by atoms with Gasteiger partial charge < -0.3 is 14.5 Å². The normalized spacial score (nSPS) is 21.9. The van der Waals surface area contributed by atoms with Crippen molar-refractivity contribution in [1.29, 1.82) is 0 Å². The average Bonchev–Trinajstić information content (AvgIpc) is 2.85. The molecule has 9 heteroatoms. The standard InChI is InChI=1S/C25H32FN3O4S/c1-19(33-2)25(30)28-15-13-27(14-16-28)22-11-10-21(23(26)17-22)18-29-12-6-9-24(34(29,31)32)20-7-4-3-5-8-20/h3-5,7-8,10-11,17,19,24H,6,9,12-16,18H2,1-2H3/t19-,24?/m0/s1. The molecular formula is C25H32FN3O4S. The number of hydrogen-bond acceptors (Lipinski definition) is 5. The summed E-state index contributed by atoms with van der Waals surface area (Å²) in [5.41, 5.74) is 1.88. The molecule has 2 heterocycles. The van der Waals surface area contributed by atoms with Crippen LogP contribution in [0.5, 0.6) is 0 Å². The molecule has 2 aliphatic rings. The fourth-order valence-corrected chi connectivity index (χ4v) is 6.71. The van der Waals surface area contributed by atoms with Gasteiger partial charge in [0.25, 0.3) is 5.91 Å². The summed E-state index contributed by atoms with van der Waals surface area (Å²) in [4.78, 5) is 16.1. The van der Waals surface area contributed by atoms with Crippen molar-refractivity contribution in [2.75, 3.05) is 44.7 Å². The van der Waals surface area contributed by atoms with Crippen LogP contribution in [0.25, 0.3) is 0 Å². The number of sulfonamides is 1. The van der Waals surface area contributed by atoms with Gasteiger partial charge in [-0.2, -0.15) is 4.31 Å². The number of piperazine rings is 1. The van der Waals surface area contributed by atoms with Crippen molar-refractivity contribution in [3.8, 4) is 0 Å². The Kier molecular flexibility index (Phi) is 7.54. The van der Waals surface area contributed by atoms with Gasteiger partial charge >= 0.3 is 0 Å². The van der Waals surface area contributed by atoms with Crippen molar-refractivity contribution in [1.82, 2.24) is 9.21 Å². The van der Waals surface area contributed by atoms with Crippen LogP contribution >= 0.6 is 0 Å². The number of anilines is 1. The second-order valence-electron chi connectivity index (χ2n) is 8.89. The van der Waals surface area contributed by atoms with E-state index in [0.29, 0.717) is 44.7 Å². The zero-order valence-electron chi connectivity index (χ0n) is 19.7. The lowest BCUT2D eigenvalue weighted by Gasteiger charge is -2.37. The summed E-state index contributed by atoms with van der Waals surface area (Å²) < 4.78 is 48.1. The molecule has 1 amide bonds. The predicted molar refractivity (Wildman–Crippen MR) is 129 cm³/mol. The molecule has 0 saturated carbocycles. The first kappa shape index (κ1) is 24.6. The maximum Gasteiger partial charge on any atom is 0.251 e. The van der Waals surface area contributed by atoms with Crippen LogP contribution in [0.3, 0.4) is 0 Å². The third kappa shape index (κ3) is 5.11. The van der Waals surface area contributed by atoms with E-state index in [0.717, 1.165) is 17.7 Å². The van der Waals surface area contributed by atoms with E-state index in [1.807, 2.05) is 41.3 Å². The van der Waals surface area contributed by atoms with E-state index in [9.17, 15) is 13.2 Å². The highest BCUT2D eigenvalue weighted by atomic mass is 32.2. The van der Waals surface area contributed by atoms with Crippen LogP contribution in [0.15, 0.2) is 48.5 Å². The van der Waals surface area contributed by atoms with Crippen LogP contribution in [0.1, 0.15) is 36.1 Å². The summed E-state index contributed by atoms with van der Waals surface area (Å²) in [5, 5.41) is -0.593. The van der Waals surface area contributed by atoms with Crippen molar-refractivity contribution < 1.29 is 22.3 Å². The highest BCUT2D eigenvalue weighted by Gasteiger charge is 2.37. The van der Waals surface area contributed by atoms with Crippen LogP contribution in [-0.2, 0) is 26.1 Å². The number of rotatable bonds is 6. The second kappa shape index (κ2) is 10.4. The molecule has 2 fully saturated rings. The number of benzene rings is 2. The second-order valence-corrected chi connectivity index (χ2v) is 11.0. The summed E-state index contributed by atoms with van der Waals surface area (Å²) in [6.07, 6.45) is 0.835. The van der Waals surface area contributed by atoms with Gasteiger partial charge in [-0.25, -0.2) is 12.8 Å². The molecule has 0 bridgehead atoms. The third-order valence-corrected chi connectivity index (χ3v) is 9.06.